The Balaban J connectivity index is 1.91. The van der Waals surface area contributed by atoms with Gasteiger partial charge >= 0.3 is 0 Å². The Labute approximate surface area is 104 Å². The van der Waals surface area contributed by atoms with E-state index < -0.39 is 0 Å². The highest BCUT2D eigenvalue weighted by Crippen LogP contribution is 2.33. The molecule has 1 aliphatic carbocycles. The topological polar surface area (TPSA) is 29.3 Å². The van der Waals surface area contributed by atoms with E-state index in [-0.39, 0.29) is 0 Å². The maximum atomic E-state index is 6.06. The van der Waals surface area contributed by atoms with Gasteiger partial charge in [0.25, 0.3) is 0 Å². The molecule has 2 aliphatic rings. The number of nitrogens with zero attached hydrogens (tertiary/aromatic N) is 1. The molecule has 0 aromatic carbocycles. The molecule has 3 heteroatoms. The average molecular weight is 242 g/mol. The highest BCUT2D eigenvalue weighted by atomic mass is 32.2. The van der Waals surface area contributed by atoms with Crippen molar-refractivity contribution in [1.29, 1.82) is 0 Å². The number of hydrogen-bond donors (Lipinski definition) is 1. The molecule has 0 bridgehead atoms. The van der Waals surface area contributed by atoms with Gasteiger partial charge in [-0.25, -0.2) is 0 Å². The normalized spacial score (nSPS) is 26.4. The molecule has 0 spiro atoms. The molecule has 0 amide bonds. The van der Waals surface area contributed by atoms with Crippen molar-refractivity contribution in [3.8, 4) is 0 Å². The zero-order valence-electron chi connectivity index (χ0n) is 10.6. The standard InChI is InChI=1S/C13H26N2S/c1-15(10-12-4-2-3-5-12)13(11-14)6-8-16-9-7-13/h12H,2-11,14H2,1H3. The van der Waals surface area contributed by atoms with Crippen LogP contribution in [0.5, 0.6) is 0 Å². The van der Waals surface area contributed by atoms with Gasteiger partial charge in [-0.1, -0.05) is 12.8 Å². The first kappa shape index (κ1) is 12.7. The van der Waals surface area contributed by atoms with E-state index in [1.54, 1.807) is 0 Å². The lowest BCUT2D eigenvalue weighted by atomic mass is 9.89. The van der Waals surface area contributed by atoms with Gasteiger partial charge in [-0.15, -0.1) is 0 Å². The summed E-state index contributed by atoms with van der Waals surface area (Å²) in [6, 6.07) is 0. The fourth-order valence-electron chi connectivity index (χ4n) is 3.27. The summed E-state index contributed by atoms with van der Waals surface area (Å²) in [5, 5.41) is 0. The van der Waals surface area contributed by atoms with Gasteiger partial charge in [0.2, 0.25) is 0 Å². The fourth-order valence-corrected chi connectivity index (χ4v) is 4.52. The summed E-state index contributed by atoms with van der Waals surface area (Å²) in [4.78, 5) is 2.60. The SMILES string of the molecule is CN(CC1CCCC1)C1(CN)CCSCC1. The lowest BCUT2D eigenvalue weighted by Crippen LogP contribution is -2.55. The van der Waals surface area contributed by atoms with Crippen molar-refractivity contribution in [3.63, 3.8) is 0 Å². The molecular formula is C13H26N2S. The first-order valence-corrected chi connectivity index (χ1v) is 7.91. The molecule has 0 aromatic heterocycles. The summed E-state index contributed by atoms with van der Waals surface area (Å²) in [6.07, 6.45) is 8.36. The Kier molecular flexibility index (Phi) is 4.57. The van der Waals surface area contributed by atoms with Crippen LogP contribution in [0.15, 0.2) is 0 Å². The quantitative estimate of drug-likeness (QED) is 0.820. The molecule has 94 valence electrons. The third-order valence-electron chi connectivity index (χ3n) is 4.62. The van der Waals surface area contributed by atoms with Crippen LogP contribution in [0.3, 0.4) is 0 Å². The maximum Gasteiger partial charge on any atom is 0.0344 e. The van der Waals surface area contributed by atoms with Crippen LogP contribution in [-0.4, -0.2) is 42.1 Å². The van der Waals surface area contributed by atoms with Crippen molar-refractivity contribution in [2.24, 2.45) is 11.7 Å². The summed E-state index contributed by atoms with van der Waals surface area (Å²) >= 11 is 2.09. The van der Waals surface area contributed by atoms with E-state index in [0.717, 1.165) is 12.5 Å². The second kappa shape index (κ2) is 5.74. The molecule has 0 unspecified atom stereocenters. The number of rotatable bonds is 4. The number of likely N-dealkylation sites (N-methyl/N-ethyl adjacent to an activating group) is 1. The molecule has 0 atom stereocenters. The van der Waals surface area contributed by atoms with E-state index in [1.165, 1.54) is 56.6 Å². The van der Waals surface area contributed by atoms with Gasteiger partial charge in [-0.2, -0.15) is 11.8 Å². The Morgan fingerprint density at radius 2 is 1.88 bits per heavy atom. The predicted molar refractivity (Wildman–Crippen MR) is 72.9 cm³/mol. The van der Waals surface area contributed by atoms with Crippen LogP contribution in [-0.2, 0) is 0 Å². The first-order valence-electron chi connectivity index (χ1n) is 6.76. The Morgan fingerprint density at radius 1 is 1.25 bits per heavy atom. The second-order valence-corrected chi connectivity index (χ2v) is 6.80. The van der Waals surface area contributed by atoms with Crippen molar-refractivity contribution in [1.82, 2.24) is 4.90 Å². The van der Waals surface area contributed by atoms with E-state index >= 15 is 0 Å². The van der Waals surface area contributed by atoms with Crippen LogP contribution < -0.4 is 5.73 Å². The van der Waals surface area contributed by atoms with Gasteiger partial charge in [-0.05, 0) is 50.2 Å². The zero-order valence-corrected chi connectivity index (χ0v) is 11.4. The van der Waals surface area contributed by atoms with E-state index in [4.69, 9.17) is 5.73 Å². The molecular weight excluding hydrogens is 216 g/mol. The molecule has 0 aromatic rings. The van der Waals surface area contributed by atoms with Gasteiger partial charge in [0.05, 0.1) is 0 Å². The van der Waals surface area contributed by atoms with Crippen molar-refractivity contribution in [3.05, 3.63) is 0 Å². The summed E-state index contributed by atoms with van der Waals surface area (Å²) in [5.74, 6) is 3.54. The maximum absolute atomic E-state index is 6.06. The van der Waals surface area contributed by atoms with Crippen molar-refractivity contribution < 1.29 is 0 Å². The monoisotopic (exact) mass is 242 g/mol. The van der Waals surface area contributed by atoms with Gasteiger partial charge in [0.15, 0.2) is 0 Å². The predicted octanol–water partition coefficient (Wildman–Crippen LogP) is 2.33. The molecule has 2 nitrogen and oxygen atoms in total. The summed E-state index contributed by atoms with van der Waals surface area (Å²) < 4.78 is 0. The van der Waals surface area contributed by atoms with Crippen LogP contribution >= 0.6 is 11.8 Å². The fraction of sp³-hybridized carbons (Fsp3) is 1.00. The third-order valence-corrected chi connectivity index (χ3v) is 5.61. The molecule has 0 radical (unpaired) electrons. The summed E-state index contributed by atoms with van der Waals surface area (Å²) in [5.41, 5.74) is 6.39. The van der Waals surface area contributed by atoms with Gasteiger partial charge in [-0.3, -0.25) is 4.90 Å². The number of hydrogen-bond acceptors (Lipinski definition) is 3. The molecule has 1 heterocycles. The van der Waals surface area contributed by atoms with Crippen LogP contribution in [0.1, 0.15) is 38.5 Å². The Morgan fingerprint density at radius 3 is 2.44 bits per heavy atom. The van der Waals surface area contributed by atoms with Crippen LogP contribution in [0.2, 0.25) is 0 Å². The lowest BCUT2D eigenvalue weighted by Gasteiger charge is -2.44. The zero-order chi connectivity index (χ0) is 11.4. The third kappa shape index (κ3) is 2.74. The van der Waals surface area contributed by atoms with Crippen LogP contribution in [0.25, 0.3) is 0 Å². The van der Waals surface area contributed by atoms with E-state index in [0.29, 0.717) is 5.54 Å². The van der Waals surface area contributed by atoms with Crippen molar-refractivity contribution >= 4 is 11.8 Å². The van der Waals surface area contributed by atoms with E-state index in [2.05, 4.69) is 23.7 Å². The van der Waals surface area contributed by atoms with Crippen LogP contribution in [0, 0.1) is 5.92 Å². The van der Waals surface area contributed by atoms with Crippen molar-refractivity contribution in [2.45, 2.75) is 44.1 Å². The minimum Gasteiger partial charge on any atom is -0.329 e. The van der Waals surface area contributed by atoms with Gasteiger partial charge in [0.1, 0.15) is 0 Å². The highest BCUT2D eigenvalue weighted by Gasteiger charge is 2.35. The molecule has 1 saturated carbocycles. The molecule has 1 saturated heterocycles. The average Bonchev–Trinajstić information content (AvgIpc) is 2.82. The van der Waals surface area contributed by atoms with E-state index in [9.17, 15) is 0 Å². The second-order valence-electron chi connectivity index (χ2n) is 5.57. The number of thioether (sulfide) groups is 1. The first-order chi connectivity index (χ1) is 7.77. The largest absolute Gasteiger partial charge is 0.329 e. The lowest BCUT2D eigenvalue weighted by molar-refractivity contribution is 0.0968. The summed E-state index contributed by atoms with van der Waals surface area (Å²) in [7, 11) is 2.31. The molecule has 1 aliphatic heterocycles. The van der Waals surface area contributed by atoms with Gasteiger partial charge in [0, 0.05) is 18.6 Å². The molecule has 2 fully saturated rings. The van der Waals surface area contributed by atoms with Gasteiger partial charge < -0.3 is 5.73 Å². The smallest absolute Gasteiger partial charge is 0.0344 e. The molecule has 16 heavy (non-hydrogen) atoms. The highest BCUT2D eigenvalue weighted by molar-refractivity contribution is 7.99. The molecule has 2 N–H and O–H groups in total. The Bertz CT molecular complexity index is 208. The van der Waals surface area contributed by atoms with Crippen LogP contribution in [0.4, 0.5) is 0 Å². The minimum atomic E-state index is 0.327. The summed E-state index contributed by atoms with van der Waals surface area (Å²) in [6.45, 7) is 2.12. The Hall–Kier alpha value is 0.270. The minimum absolute atomic E-state index is 0.327. The van der Waals surface area contributed by atoms with E-state index in [1.807, 2.05) is 0 Å². The number of nitrogens with two attached hydrogens (primary N) is 1. The molecule has 2 rings (SSSR count). The van der Waals surface area contributed by atoms with Crippen molar-refractivity contribution in [2.75, 3.05) is 31.6 Å².